The van der Waals surface area contributed by atoms with Crippen LogP contribution < -0.4 is 0 Å². The Kier molecular flexibility index (Phi) is 5.78. The predicted molar refractivity (Wildman–Crippen MR) is 162 cm³/mol. The molecule has 3 saturated carbocycles. The van der Waals surface area contributed by atoms with Gasteiger partial charge < -0.3 is 14.9 Å². The Morgan fingerprint density at radius 3 is 2.56 bits per heavy atom. The zero-order valence-corrected chi connectivity index (χ0v) is 25.2. The number of carbonyl (C=O) groups is 1. The lowest BCUT2D eigenvalue weighted by Gasteiger charge is -2.71. The van der Waals surface area contributed by atoms with Crippen molar-refractivity contribution < 1.29 is 19.7 Å². The third kappa shape index (κ3) is 3.40. The highest BCUT2D eigenvalue weighted by atomic mass is 32.1. The van der Waals surface area contributed by atoms with Crippen molar-refractivity contribution in [3.05, 3.63) is 59.0 Å². The van der Waals surface area contributed by atoms with E-state index in [2.05, 4.69) is 55.2 Å². The predicted octanol–water partition coefficient (Wildman–Crippen LogP) is 6.01. The van der Waals surface area contributed by atoms with E-state index in [1.165, 1.54) is 0 Å². The molecule has 9 rings (SSSR count). The standard InChI is InChI=1S/C35H43NO4S/c1-31-10-7-24(37)20-33(31)13-14-35(25(21-33)30(38)27-19-23-5-3-4-6-26(23)41-27)28(31)8-11-32(2)29(35)9-12-34(32,39)22-36-15-17-40-18-16-36/h3-6,13-14,19,21,24,28-29,37,39H,7-12,15-18,20,22H2,1-2H3/t24?,28-,29-,31-,32+,33+,34-,35-/m1/s1. The lowest BCUT2D eigenvalue weighted by molar-refractivity contribution is -0.178. The van der Waals surface area contributed by atoms with Gasteiger partial charge in [0.2, 0.25) is 0 Å². The van der Waals surface area contributed by atoms with E-state index in [9.17, 15) is 15.0 Å². The average molecular weight is 574 g/mol. The second kappa shape index (κ2) is 8.86. The molecule has 2 spiro atoms. The molecule has 1 aromatic carbocycles. The van der Waals surface area contributed by atoms with Crippen LogP contribution >= 0.6 is 11.3 Å². The number of allylic oxidation sites excluding steroid dienone is 4. The Morgan fingerprint density at radius 2 is 1.76 bits per heavy atom. The average Bonchev–Trinajstić information content (AvgIpc) is 3.51. The molecule has 1 saturated heterocycles. The first-order valence-electron chi connectivity index (χ1n) is 15.8. The number of ether oxygens (including phenoxy) is 1. The van der Waals surface area contributed by atoms with Crippen LogP contribution in [0.1, 0.15) is 68.5 Å². The van der Waals surface area contributed by atoms with E-state index in [-0.39, 0.29) is 34.1 Å². The molecule has 1 unspecified atom stereocenters. The van der Waals surface area contributed by atoms with Crippen LogP contribution in [0.3, 0.4) is 0 Å². The van der Waals surface area contributed by atoms with Crippen LogP contribution in [-0.4, -0.2) is 65.4 Å². The number of nitrogens with zero attached hydrogens (tertiary/aromatic N) is 1. The van der Waals surface area contributed by atoms with E-state index in [1.807, 2.05) is 12.1 Å². The van der Waals surface area contributed by atoms with E-state index in [4.69, 9.17) is 4.74 Å². The minimum absolute atomic E-state index is 0.00281. The summed E-state index contributed by atoms with van der Waals surface area (Å²) in [5, 5.41) is 24.6. The van der Waals surface area contributed by atoms with Gasteiger partial charge in [-0.15, -0.1) is 11.3 Å². The van der Waals surface area contributed by atoms with Gasteiger partial charge in [-0.1, -0.05) is 50.3 Å². The van der Waals surface area contributed by atoms with Gasteiger partial charge in [0.15, 0.2) is 5.78 Å². The number of morpholine rings is 1. The smallest absolute Gasteiger partial charge is 0.199 e. The summed E-state index contributed by atoms with van der Waals surface area (Å²) in [6.07, 6.45) is 13.0. The number of ketones is 1. The van der Waals surface area contributed by atoms with Gasteiger partial charge >= 0.3 is 0 Å². The van der Waals surface area contributed by atoms with Crippen LogP contribution in [0.5, 0.6) is 0 Å². The number of β-amino-alcohol motifs (C(OH)–C–C–N with tert-alkyl or cyclic N) is 1. The van der Waals surface area contributed by atoms with Crippen LogP contribution in [-0.2, 0) is 4.74 Å². The molecule has 2 heterocycles. The highest BCUT2D eigenvalue weighted by molar-refractivity contribution is 7.21. The molecule has 1 aromatic heterocycles. The molecular weight excluding hydrogens is 530 g/mol. The molecule has 5 nitrogen and oxygen atoms in total. The molecule has 218 valence electrons. The first-order valence-corrected chi connectivity index (χ1v) is 16.6. The van der Waals surface area contributed by atoms with Crippen molar-refractivity contribution in [2.45, 2.75) is 70.5 Å². The lowest BCUT2D eigenvalue weighted by atomic mass is 9.32. The molecule has 6 aliphatic carbocycles. The van der Waals surface area contributed by atoms with E-state index >= 15 is 0 Å². The molecule has 7 aliphatic rings. The number of thiophene rings is 1. The van der Waals surface area contributed by atoms with Crippen LogP contribution in [0.4, 0.5) is 0 Å². The van der Waals surface area contributed by atoms with E-state index in [0.29, 0.717) is 18.9 Å². The minimum Gasteiger partial charge on any atom is -0.393 e. The molecular formula is C35H43NO4S. The molecule has 2 aromatic rings. The molecule has 2 bridgehead atoms. The first-order chi connectivity index (χ1) is 19.6. The molecule has 0 amide bonds. The molecule has 6 heteroatoms. The van der Waals surface area contributed by atoms with E-state index in [0.717, 1.165) is 85.4 Å². The normalized spacial score (nSPS) is 45.3. The fourth-order valence-electron chi connectivity index (χ4n) is 11.0. The van der Waals surface area contributed by atoms with Crippen LogP contribution in [0, 0.1) is 33.5 Å². The van der Waals surface area contributed by atoms with Crippen molar-refractivity contribution in [1.82, 2.24) is 4.90 Å². The van der Waals surface area contributed by atoms with Gasteiger partial charge in [0.1, 0.15) is 0 Å². The number of aliphatic hydroxyl groups excluding tert-OH is 1. The van der Waals surface area contributed by atoms with Gasteiger partial charge in [0.25, 0.3) is 0 Å². The van der Waals surface area contributed by atoms with Crippen molar-refractivity contribution in [2.24, 2.45) is 33.5 Å². The topological polar surface area (TPSA) is 70.0 Å². The van der Waals surface area contributed by atoms with Gasteiger partial charge in [-0.05, 0) is 79.7 Å². The van der Waals surface area contributed by atoms with Crippen molar-refractivity contribution >= 4 is 27.2 Å². The summed E-state index contributed by atoms with van der Waals surface area (Å²) in [6, 6.07) is 10.4. The lowest BCUT2D eigenvalue weighted by Crippen LogP contribution is -2.67. The van der Waals surface area contributed by atoms with E-state index < -0.39 is 11.0 Å². The number of carbonyl (C=O) groups excluding carboxylic acids is 1. The maximum atomic E-state index is 14.8. The summed E-state index contributed by atoms with van der Waals surface area (Å²) < 4.78 is 6.76. The zero-order valence-electron chi connectivity index (χ0n) is 24.4. The third-order valence-corrected chi connectivity index (χ3v) is 14.3. The maximum absolute atomic E-state index is 14.8. The van der Waals surface area contributed by atoms with Gasteiger partial charge in [-0.2, -0.15) is 0 Å². The number of benzene rings is 1. The Morgan fingerprint density at radius 1 is 1.02 bits per heavy atom. The second-order valence-electron chi connectivity index (χ2n) is 14.7. The molecule has 41 heavy (non-hydrogen) atoms. The molecule has 8 atom stereocenters. The summed E-state index contributed by atoms with van der Waals surface area (Å²) in [5.74, 6) is 0.687. The van der Waals surface area contributed by atoms with Gasteiger partial charge in [0.05, 0.1) is 29.8 Å². The Labute approximate surface area is 247 Å². The number of rotatable bonds is 4. The number of hydrogen-bond acceptors (Lipinski definition) is 6. The van der Waals surface area contributed by atoms with Crippen LogP contribution in [0.2, 0.25) is 0 Å². The van der Waals surface area contributed by atoms with Crippen molar-refractivity contribution in [3.63, 3.8) is 0 Å². The van der Waals surface area contributed by atoms with E-state index in [1.54, 1.807) is 11.3 Å². The van der Waals surface area contributed by atoms with Gasteiger partial charge in [-0.25, -0.2) is 0 Å². The SMILES string of the molecule is C[C@]12CC[C@H]3[C@]4(C=C[C@@]5(C=C4C(=O)c4cc6ccccc6s4)CC(O)CC[C@]35C)[C@@H]1CC[C@@]2(O)CN1CCOCC1. The molecule has 2 N–H and O–H groups in total. The summed E-state index contributed by atoms with van der Waals surface area (Å²) in [7, 11) is 0. The van der Waals surface area contributed by atoms with Crippen molar-refractivity contribution in [2.75, 3.05) is 32.8 Å². The number of Topliss-reactive ketones (excluding diaryl/α,β-unsaturated/α-hetero) is 1. The first kappa shape index (κ1) is 26.8. The van der Waals surface area contributed by atoms with Gasteiger partial charge in [0, 0.05) is 46.2 Å². The monoisotopic (exact) mass is 573 g/mol. The second-order valence-corrected chi connectivity index (χ2v) is 15.8. The largest absolute Gasteiger partial charge is 0.393 e. The highest BCUT2D eigenvalue weighted by Gasteiger charge is 2.74. The minimum atomic E-state index is -0.788. The molecule has 1 aliphatic heterocycles. The van der Waals surface area contributed by atoms with Crippen molar-refractivity contribution in [3.8, 4) is 0 Å². The molecule has 4 fully saturated rings. The van der Waals surface area contributed by atoms with Gasteiger partial charge in [-0.3, -0.25) is 9.69 Å². The third-order valence-electron chi connectivity index (χ3n) is 13.2. The summed E-state index contributed by atoms with van der Waals surface area (Å²) in [4.78, 5) is 18.0. The van der Waals surface area contributed by atoms with Crippen LogP contribution in [0.15, 0.2) is 54.1 Å². The summed E-state index contributed by atoms with van der Waals surface area (Å²) in [6.45, 7) is 8.68. The fraction of sp³-hybridized carbons (Fsp3) is 0.629. The zero-order chi connectivity index (χ0) is 28.3. The summed E-state index contributed by atoms with van der Waals surface area (Å²) in [5.41, 5.74) is -0.812. The number of fused-ring (bicyclic) bond motifs is 2. The quantitative estimate of drug-likeness (QED) is 0.347. The maximum Gasteiger partial charge on any atom is 0.199 e. The number of hydrogen-bond donors (Lipinski definition) is 2. The van der Waals surface area contributed by atoms with Crippen LogP contribution in [0.25, 0.3) is 10.1 Å². The Bertz CT molecular complexity index is 1440. The Hall–Kier alpha value is -1.83. The fourth-order valence-corrected chi connectivity index (χ4v) is 12.0. The number of aliphatic hydroxyl groups is 2. The summed E-state index contributed by atoms with van der Waals surface area (Å²) >= 11 is 1.60. The molecule has 0 radical (unpaired) electrons. The van der Waals surface area contributed by atoms with Crippen molar-refractivity contribution in [1.29, 1.82) is 0 Å². The highest BCUT2D eigenvalue weighted by Crippen LogP contribution is 2.78. The Balaban J connectivity index is 1.27.